The summed E-state index contributed by atoms with van der Waals surface area (Å²) >= 11 is 0. The molecule has 0 aromatic carbocycles. The molecular weight excluding hydrogens is 106 g/mol. The molecule has 1 fully saturated rings. The van der Waals surface area contributed by atoms with Crippen LogP contribution in [-0.2, 0) is 0 Å². The Balaban J connectivity index is 2.34. The second kappa shape index (κ2) is 2.11. The van der Waals surface area contributed by atoms with Gasteiger partial charge in [-0.25, -0.2) is 5.32 Å². The highest BCUT2D eigenvalue weighted by atomic mass is 16.3. The van der Waals surface area contributed by atoms with E-state index in [2.05, 4.69) is 10.6 Å². The van der Waals surface area contributed by atoms with Crippen LogP contribution >= 0.6 is 0 Å². The lowest BCUT2D eigenvalue weighted by Gasteiger charge is -2.17. The Labute approximate surface area is 47.4 Å². The molecule has 1 aliphatic heterocycles. The van der Waals surface area contributed by atoms with Crippen LogP contribution in [0.1, 0.15) is 0 Å². The van der Waals surface area contributed by atoms with E-state index >= 15 is 0 Å². The van der Waals surface area contributed by atoms with Crippen molar-refractivity contribution >= 4 is 5.84 Å². The Morgan fingerprint density at radius 1 is 1.88 bits per heavy atom. The minimum absolute atomic E-state index is 0.226. The fraction of sp³-hybridized carbons (Fsp3) is 0.750. The van der Waals surface area contributed by atoms with Gasteiger partial charge in [0, 0.05) is 6.54 Å². The third-order valence-electron chi connectivity index (χ3n) is 0.924. The molecule has 3 N–H and O–H groups in total. The number of nitrogens with one attached hydrogen (secondary N) is 2. The van der Waals surface area contributed by atoms with Crippen molar-refractivity contribution in [3.63, 3.8) is 0 Å². The standard InChI is InChI=1S/C4H8N3O/c5-3-1-6-2-4(8)7-3/h4-6,8H,1-2H2. The number of β-amino-alcohol motifs (C(OH)–C–C–N with tert-alkyl or cyclic N) is 1. The van der Waals surface area contributed by atoms with Gasteiger partial charge >= 0.3 is 0 Å². The molecule has 0 aliphatic carbocycles. The number of amidine groups is 1. The zero-order valence-corrected chi connectivity index (χ0v) is 4.39. The first kappa shape index (κ1) is 5.53. The van der Waals surface area contributed by atoms with Crippen LogP contribution in [0.25, 0.3) is 0 Å². The number of piperazine rings is 1. The lowest BCUT2D eigenvalue weighted by Crippen LogP contribution is -2.47. The summed E-state index contributed by atoms with van der Waals surface area (Å²) in [5, 5.41) is 22.0. The lowest BCUT2D eigenvalue weighted by molar-refractivity contribution is 0.146. The van der Waals surface area contributed by atoms with Gasteiger partial charge in [-0.15, -0.1) is 0 Å². The van der Waals surface area contributed by atoms with E-state index in [1.54, 1.807) is 0 Å². The van der Waals surface area contributed by atoms with Gasteiger partial charge in [-0.1, -0.05) is 0 Å². The van der Waals surface area contributed by atoms with Crippen LogP contribution < -0.4 is 10.6 Å². The maximum absolute atomic E-state index is 8.71. The van der Waals surface area contributed by atoms with E-state index in [9.17, 15) is 0 Å². The van der Waals surface area contributed by atoms with Crippen LogP contribution in [0, 0.1) is 5.41 Å². The first-order valence-electron chi connectivity index (χ1n) is 2.46. The fourth-order valence-electron chi connectivity index (χ4n) is 0.591. The van der Waals surface area contributed by atoms with Crippen molar-refractivity contribution in [1.29, 1.82) is 5.41 Å². The van der Waals surface area contributed by atoms with E-state index in [4.69, 9.17) is 10.5 Å². The van der Waals surface area contributed by atoms with Crippen molar-refractivity contribution < 1.29 is 5.11 Å². The minimum atomic E-state index is -0.698. The van der Waals surface area contributed by atoms with Gasteiger partial charge < -0.3 is 10.4 Å². The molecule has 0 bridgehead atoms. The Kier molecular flexibility index (Phi) is 1.45. The van der Waals surface area contributed by atoms with Gasteiger partial charge in [-0.3, -0.25) is 5.41 Å². The molecule has 4 nitrogen and oxygen atoms in total. The third-order valence-corrected chi connectivity index (χ3v) is 0.924. The van der Waals surface area contributed by atoms with Crippen LogP contribution in [0.2, 0.25) is 0 Å². The van der Waals surface area contributed by atoms with E-state index in [0.29, 0.717) is 13.1 Å². The zero-order chi connectivity index (χ0) is 5.98. The average Bonchev–Trinajstić information content (AvgIpc) is 1.64. The van der Waals surface area contributed by atoms with E-state index in [1.165, 1.54) is 0 Å². The molecule has 0 spiro atoms. The molecule has 1 saturated heterocycles. The molecule has 45 valence electrons. The molecule has 4 heteroatoms. The summed E-state index contributed by atoms with van der Waals surface area (Å²) in [6, 6.07) is 0. The zero-order valence-electron chi connectivity index (χ0n) is 4.39. The molecular formula is C4H8N3O. The van der Waals surface area contributed by atoms with E-state index in [1.807, 2.05) is 0 Å². The second-order valence-corrected chi connectivity index (χ2v) is 1.69. The second-order valence-electron chi connectivity index (χ2n) is 1.69. The normalized spacial score (nSPS) is 29.6. The van der Waals surface area contributed by atoms with E-state index < -0.39 is 6.23 Å². The van der Waals surface area contributed by atoms with Gasteiger partial charge in [0.1, 0.15) is 5.84 Å². The molecule has 1 radical (unpaired) electrons. The minimum Gasteiger partial charge on any atom is -0.370 e. The largest absolute Gasteiger partial charge is 0.370 e. The quantitative estimate of drug-likeness (QED) is 0.358. The van der Waals surface area contributed by atoms with Crippen molar-refractivity contribution in [2.75, 3.05) is 13.1 Å². The smallest absolute Gasteiger partial charge is 0.159 e. The van der Waals surface area contributed by atoms with Crippen LogP contribution in [0.5, 0.6) is 0 Å². The number of rotatable bonds is 0. The maximum atomic E-state index is 8.71. The summed E-state index contributed by atoms with van der Waals surface area (Å²) in [7, 11) is 0. The molecule has 1 rings (SSSR count). The number of nitrogens with zero attached hydrogens (tertiary/aromatic N) is 1. The van der Waals surface area contributed by atoms with Crippen LogP contribution in [0.15, 0.2) is 0 Å². The number of aliphatic hydroxyl groups is 1. The van der Waals surface area contributed by atoms with Gasteiger partial charge in [-0.2, -0.15) is 0 Å². The van der Waals surface area contributed by atoms with Crippen molar-refractivity contribution in [1.82, 2.24) is 10.6 Å². The Bertz CT molecular complexity index is 103. The van der Waals surface area contributed by atoms with Crippen molar-refractivity contribution in [2.45, 2.75) is 6.23 Å². The molecule has 0 aromatic rings. The highest BCUT2D eigenvalue weighted by Gasteiger charge is 2.12. The highest BCUT2D eigenvalue weighted by Crippen LogP contribution is 1.83. The van der Waals surface area contributed by atoms with Gasteiger partial charge in [-0.05, 0) is 0 Å². The summed E-state index contributed by atoms with van der Waals surface area (Å²) in [5.41, 5.74) is 0. The summed E-state index contributed by atoms with van der Waals surface area (Å²) in [6.45, 7) is 0.958. The number of hydrogen-bond donors (Lipinski definition) is 3. The van der Waals surface area contributed by atoms with Gasteiger partial charge in [0.25, 0.3) is 0 Å². The van der Waals surface area contributed by atoms with Crippen LogP contribution in [0.4, 0.5) is 0 Å². The summed E-state index contributed by atoms with van der Waals surface area (Å²) < 4.78 is 0. The first-order chi connectivity index (χ1) is 3.79. The predicted molar refractivity (Wildman–Crippen MR) is 28.7 cm³/mol. The summed E-state index contributed by atoms with van der Waals surface area (Å²) in [6.07, 6.45) is -0.698. The molecule has 1 atom stereocenters. The Morgan fingerprint density at radius 3 is 3.00 bits per heavy atom. The van der Waals surface area contributed by atoms with Crippen molar-refractivity contribution in [3.05, 3.63) is 0 Å². The number of hydrogen-bond acceptors (Lipinski definition) is 3. The monoisotopic (exact) mass is 114 g/mol. The summed E-state index contributed by atoms with van der Waals surface area (Å²) in [5.74, 6) is 0.226. The fourth-order valence-corrected chi connectivity index (χ4v) is 0.591. The molecule has 1 unspecified atom stereocenters. The topological polar surface area (TPSA) is 70.2 Å². The van der Waals surface area contributed by atoms with Gasteiger partial charge in [0.15, 0.2) is 6.23 Å². The van der Waals surface area contributed by atoms with E-state index in [-0.39, 0.29) is 5.84 Å². The third kappa shape index (κ3) is 1.18. The molecule has 0 amide bonds. The maximum Gasteiger partial charge on any atom is 0.159 e. The molecule has 0 saturated carbocycles. The van der Waals surface area contributed by atoms with Crippen LogP contribution in [-0.4, -0.2) is 30.3 Å². The lowest BCUT2D eigenvalue weighted by atomic mass is 10.4. The molecule has 8 heavy (non-hydrogen) atoms. The van der Waals surface area contributed by atoms with Crippen molar-refractivity contribution in [3.8, 4) is 0 Å². The van der Waals surface area contributed by atoms with Crippen LogP contribution in [0.3, 0.4) is 0 Å². The Hall–Kier alpha value is -0.610. The SMILES string of the molecule is N=C1CNCC(O)[N]1. The van der Waals surface area contributed by atoms with Crippen molar-refractivity contribution in [2.24, 2.45) is 0 Å². The number of aliphatic hydroxyl groups excluding tert-OH is 1. The predicted octanol–water partition coefficient (Wildman–Crippen LogP) is -1.51. The summed E-state index contributed by atoms with van der Waals surface area (Å²) in [4.78, 5) is 0. The highest BCUT2D eigenvalue weighted by molar-refractivity contribution is 5.81. The first-order valence-corrected chi connectivity index (χ1v) is 2.46. The van der Waals surface area contributed by atoms with E-state index in [0.717, 1.165) is 0 Å². The van der Waals surface area contributed by atoms with Gasteiger partial charge in [0.2, 0.25) is 0 Å². The molecule has 1 heterocycles. The molecule has 0 aromatic heterocycles. The Morgan fingerprint density at radius 2 is 2.62 bits per heavy atom. The average molecular weight is 114 g/mol. The van der Waals surface area contributed by atoms with Gasteiger partial charge in [0.05, 0.1) is 6.54 Å². The molecule has 1 aliphatic rings.